The minimum Gasteiger partial charge on any atom is -0.373 e. The molecule has 2 fully saturated rings. The number of ether oxygens (including phenoxy) is 4. The summed E-state index contributed by atoms with van der Waals surface area (Å²) in [5.74, 6) is 0.274. The van der Waals surface area contributed by atoms with E-state index >= 15 is 0 Å². The number of fused-ring (bicyclic) bond motifs is 1. The van der Waals surface area contributed by atoms with Crippen LogP contribution >= 0.6 is 0 Å². The second-order valence-corrected chi connectivity index (χ2v) is 6.41. The maximum Gasteiger partial charge on any atom is 0.234 e. The fourth-order valence-corrected chi connectivity index (χ4v) is 2.78. The number of hydrogen-bond donors (Lipinski definition) is 0. The molecule has 0 aromatic rings. The molecule has 2 heterocycles. The third-order valence-electron chi connectivity index (χ3n) is 4.09. The normalized spacial score (nSPS) is 30.9. The minimum absolute atomic E-state index is 0.136. The van der Waals surface area contributed by atoms with Crippen LogP contribution in [-0.4, -0.2) is 76.1 Å². The van der Waals surface area contributed by atoms with Crippen LogP contribution in [0.4, 0.5) is 0 Å². The van der Waals surface area contributed by atoms with Crippen LogP contribution < -0.4 is 0 Å². The number of aliphatic imine (C=N–C) groups is 2. The zero-order valence-corrected chi connectivity index (χ0v) is 14.1. The Balaban J connectivity index is 1.73. The molecule has 0 spiro atoms. The predicted molar refractivity (Wildman–Crippen MR) is 83.3 cm³/mol. The third kappa shape index (κ3) is 5.31. The summed E-state index contributed by atoms with van der Waals surface area (Å²) in [6, 6.07) is 0. The average Bonchev–Trinajstić information content (AvgIpc) is 3.16. The van der Waals surface area contributed by atoms with E-state index in [1.54, 1.807) is 0 Å². The Kier molecular flexibility index (Phi) is 7.72. The SMILES string of the molecule is CC(CN=C=O)CO[C@H]1COC2C1OC[C@@H]2OCC(C)CN=C=O. The van der Waals surface area contributed by atoms with E-state index in [0.29, 0.717) is 39.5 Å². The average molecular weight is 340 g/mol. The predicted octanol–water partition coefficient (Wildman–Crippen LogP) is 0.498. The molecule has 2 aliphatic heterocycles. The quantitative estimate of drug-likeness (QED) is 0.424. The number of nitrogens with zero attached hydrogens (tertiary/aromatic N) is 2. The van der Waals surface area contributed by atoms with Gasteiger partial charge < -0.3 is 18.9 Å². The molecule has 0 N–H and O–H groups in total. The van der Waals surface area contributed by atoms with E-state index in [4.69, 9.17) is 18.9 Å². The van der Waals surface area contributed by atoms with Crippen molar-refractivity contribution in [3.8, 4) is 0 Å². The van der Waals surface area contributed by atoms with E-state index in [2.05, 4.69) is 9.98 Å². The van der Waals surface area contributed by atoms with E-state index in [9.17, 15) is 9.59 Å². The maximum atomic E-state index is 10.1. The van der Waals surface area contributed by atoms with Gasteiger partial charge in [0.15, 0.2) is 0 Å². The fraction of sp³-hybridized carbons (Fsp3) is 0.875. The first kappa shape index (κ1) is 18.9. The molecule has 24 heavy (non-hydrogen) atoms. The Hall–Kier alpha value is -1.40. The monoisotopic (exact) mass is 340 g/mol. The zero-order valence-electron chi connectivity index (χ0n) is 14.1. The highest BCUT2D eigenvalue weighted by Gasteiger charge is 2.49. The number of carbonyl (C=O) groups excluding carboxylic acids is 2. The number of hydrogen-bond acceptors (Lipinski definition) is 8. The summed E-state index contributed by atoms with van der Waals surface area (Å²) in [6.45, 7) is 6.61. The Morgan fingerprint density at radius 1 is 0.917 bits per heavy atom. The van der Waals surface area contributed by atoms with Crippen molar-refractivity contribution in [3.63, 3.8) is 0 Å². The molecule has 4 unspecified atom stereocenters. The van der Waals surface area contributed by atoms with Gasteiger partial charge in [-0.25, -0.2) is 19.6 Å². The lowest BCUT2D eigenvalue weighted by molar-refractivity contribution is -0.0588. The summed E-state index contributed by atoms with van der Waals surface area (Å²) < 4.78 is 23.3. The van der Waals surface area contributed by atoms with Crippen molar-refractivity contribution < 1.29 is 28.5 Å². The maximum absolute atomic E-state index is 10.1. The molecule has 2 rings (SSSR count). The molecular weight excluding hydrogens is 316 g/mol. The molecule has 0 aromatic heterocycles. The highest BCUT2D eigenvalue weighted by atomic mass is 16.6. The molecule has 2 saturated heterocycles. The van der Waals surface area contributed by atoms with Gasteiger partial charge >= 0.3 is 0 Å². The van der Waals surface area contributed by atoms with Gasteiger partial charge in [0.05, 0.1) is 39.5 Å². The highest BCUT2D eigenvalue weighted by molar-refractivity contribution is 5.33. The molecule has 0 bridgehead atoms. The summed E-state index contributed by atoms with van der Waals surface area (Å²) >= 11 is 0. The first-order valence-electron chi connectivity index (χ1n) is 8.19. The summed E-state index contributed by atoms with van der Waals surface area (Å²) in [7, 11) is 0. The summed E-state index contributed by atoms with van der Waals surface area (Å²) in [5.41, 5.74) is 0. The van der Waals surface area contributed by atoms with Crippen LogP contribution in [-0.2, 0) is 28.5 Å². The van der Waals surface area contributed by atoms with Crippen LogP contribution in [0.2, 0.25) is 0 Å². The molecule has 6 atom stereocenters. The van der Waals surface area contributed by atoms with E-state index in [1.165, 1.54) is 12.2 Å². The lowest BCUT2D eigenvalue weighted by Crippen LogP contribution is -2.35. The van der Waals surface area contributed by atoms with Crippen molar-refractivity contribution in [1.82, 2.24) is 0 Å². The van der Waals surface area contributed by atoms with E-state index in [-0.39, 0.29) is 36.3 Å². The van der Waals surface area contributed by atoms with Gasteiger partial charge in [0.1, 0.15) is 24.4 Å². The Bertz CT molecular complexity index is 445. The second kappa shape index (κ2) is 9.79. The van der Waals surface area contributed by atoms with Gasteiger partial charge in [-0.3, -0.25) is 0 Å². The van der Waals surface area contributed by atoms with Crippen LogP contribution in [0.25, 0.3) is 0 Å². The first-order valence-corrected chi connectivity index (χ1v) is 8.19. The third-order valence-corrected chi connectivity index (χ3v) is 4.09. The molecule has 0 aliphatic carbocycles. The fourth-order valence-electron chi connectivity index (χ4n) is 2.78. The van der Waals surface area contributed by atoms with E-state index in [0.717, 1.165) is 0 Å². The molecule has 0 amide bonds. The number of rotatable bonds is 10. The first-order chi connectivity index (χ1) is 11.7. The molecule has 0 saturated carbocycles. The van der Waals surface area contributed by atoms with Gasteiger partial charge in [-0.1, -0.05) is 13.8 Å². The zero-order chi connectivity index (χ0) is 17.4. The molecule has 0 aromatic carbocycles. The van der Waals surface area contributed by atoms with Crippen LogP contribution in [0.3, 0.4) is 0 Å². The van der Waals surface area contributed by atoms with E-state index in [1.807, 2.05) is 13.8 Å². The van der Waals surface area contributed by atoms with Crippen molar-refractivity contribution in [2.24, 2.45) is 21.8 Å². The van der Waals surface area contributed by atoms with Crippen molar-refractivity contribution in [2.75, 3.05) is 39.5 Å². The molecule has 2 aliphatic rings. The highest BCUT2D eigenvalue weighted by Crippen LogP contribution is 2.31. The molecule has 134 valence electrons. The van der Waals surface area contributed by atoms with Gasteiger partial charge in [-0.05, 0) is 11.8 Å². The number of isocyanates is 2. The van der Waals surface area contributed by atoms with Gasteiger partial charge in [0.2, 0.25) is 12.2 Å². The van der Waals surface area contributed by atoms with Gasteiger partial charge in [0, 0.05) is 0 Å². The Labute approximate surface area is 141 Å². The van der Waals surface area contributed by atoms with Gasteiger partial charge in [-0.15, -0.1) is 0 Å². The van der Waals surface area contributed by atoms with Crippen LogP contribution in [0.5, 0.6) is 0 Å². The summed E-state index contributed by atoms with van der Waals surface area (Å²) in [5, 5.41) is 0. The van der Waals surface area contributed by atoms with Crippen LogP contribution in [0, 0.1) is 11.8 Å². The van der Waals surface area contributed by atoms with Gasteiger partial charge in [0.25, 0.3) is 0 Å². The van der Waals surface area contributed by atoms with Gasteiger partial charge in [-0.2, -0.15) is 0 Å². The largest absolute Gasteiger partial charge is 0.373 e. The smallest absolute Gasteiger partial charge is 0.234 e. The van der Waals surface area contributed by atoms with Crippen molar-refractivity contribution in [1.29, 1.82) is 0 Å². The standard InChI is InChI=1S/C16H24N2O6/c1-11(3-17-9-19)5-21-13-7-23-16-14(8-24-15(13)16)22-6-12(2)4-18-10-20/h11-16H,3-8H2,1-2H3/t11?,12?,13-,14-,15?,16?/m0/s1. The lowest BCUT2D eigenvalue weighted by Gasteiger charge is -2.19. The van der Waals surface area contributed by atoms with Crippen LogP contribution in [0.1, 0.15) is 13.8 Å². The Morgan fingerprint density at radius 2 is 1.33 bits per heavy atom. The topological polar surface area (TPSA) is 95.8 Å². The molecular formula is C16H24N2O6. The minimum atomic E-state index is -0.139. The summed E-state index contributed by atoms with van der Waals surface area (Å²) in [4.78, 5) is 27.3. The molecule has 0 radical (unpaired) electrons. The second-order valence-electron chi connectivity index (χ2n) is 6.41. The van der Waals surface area contributed by atoms with E-state index < -0.39 is 0 Å². The molecule has 8 heteroatoms. The van der Waals surface area contributed by atoms with Crippen molar-refractivity contribution in [2.45, 2.75) is 38.3 Å². The summed E-state index contributed by atoms with van der Waals surface area (Å²) in [6.07, 6.45) is 2.51. The molecule has 8 nitrogen and oxygen atoms in total. The van der Waals surface area contributed by atoms with Crippen LogP contribution in [0.15, 0.2) is 9.98 Å². The van der Waals surface area contributed by atoms with Crippen molar-refractivity contribution in [3.05, 3.63) is 0 Å². The Morgan fingerprint density at radius 3 is 1.71 bits per heavy atom. The van der Waals surface area contributed by atoms with Crippen molar-refractivity contribution >= 4 is 12.2 Å². The lowest BCUT2D eigenvalue weighted by atomic mass is 10.1.